The van der Waals surface area contributed by atoms with Crippen molar-refractivity contribution >= 4 is 23.0 Å². The van der Waals surface area contributed by atoms with Crippen LogP contribution in [0.25, 0.3) is 0 Å². The number of hydrogen-bond donors (Lipinski definition) is 0. The van der Waals surface area contributed by atoms with Crippen molar-refractivity contribution in [2.24, 2.45) is 0 Å². The first kappa shape index (κ1) is 12.5. The number of anilines is 2. The molecule has 0 amide bonds. The molecule has 0 saturated carbocycles. The Hall–Kier alpha value is -1.98. The Kier molecular flexibility index (Phi) is 3.55. The lowest BCUT2D eigenvalue weighted by Gasteiger charge is -2.20. The minimum absolute atomic E-state index is 0.481. The summed E-state index contributed by atoms with van der Waals surface area (Å²) >= 11 is 6.04. The van der Waals surface area contributed by atoms with Gasteiger partial charge in [-0.25, -0.2) is 0 Å². The van der Waals surface area contributed by atoms with Crippen molar-refractivity contribution in [1.82, 2.24) is 0 Å². The zero-order chi connectivity index (χ0) is 13.1. The van der Waals surface area contributed by atoms with Crippen LogP contribution in [0.1, 0.15) is 11.1 Å². The Balaban J connectivity index is 2.38. The topological polar surface area (TPSA) is 27.0 Å². The number of rotatable bonds is 2. The summed E-state index contributed by atoms with van der Waals surface area (Å²) in [5.41, 5.74) is 3.76. The van der Waals surface area contributed by atoms with Crippen LogP contribution in [-0.2, 0) is 0 Å². The van der Waals surface area contributed by atoms with Crippen LogP contribution in [0.4, 0.5) is 11.4 Å². The number of nitrogens with zero attached hydrogens (tertiary/aromatic N) is 2. The first-order valence-electron chi connectivity index (χ1n) is 5.62. The van der Waals surface area contributed by atoms with E-state index in [2.05, 4.69) is 25.1 Å². The molecular weight excluding hydrogens is 244 g/mol. The van der Waals surface area contributed by atoms with Crippen molar-refractivity contribution in [2.75, 3.05) is 11.9 Å². The summed E-state index contributed by atoms with van der Waals surface area (Å²) in [6.07, 6.45) is 0. The highest BCUT2D eigenvalue weighted by Gasteiger charge is 2.07. The van der Waals surface area contributed by atoms with Crippen LogP contribution in [0, 0.1) is 18.3 Å². The average molecular weight is 257 g/mol. The molecule has 0 fully saturated rings. The first-order valence-corrected chi connectivity index (χ1v) is 5.99. The van der Waals surface area contributed by atoms with Crippen molar-refractivity contribution in [3.05, 3.63) is 58.6 Å². The van der Waals surface area contributed by atoms with Gasteiger partial charge in [-0.15, -0.1) is 0 Å². The van der Waals surface area contributed by atoms with E-state index in [1.807, 2.05) is 36.2 Å². The van der Waals surface area contributed by atoms with Gasteiger partial charge in [0.25, 0.3) is 0 Å². The van der Waals surface area contributed by atoms with Crippen LogP contribution < -0.4 is 4.90 Å². The van der Waals surface area contributed by atoms with Gasteiger partial charge in [-0.2, -0.15) is 5.26 Å². The summed E-state index contributed by atoms with van der Waals surface area (Å²) in [6.45, 7) is 2.06. The van der Waals surface area contributed by atoms with Gasteiger partial charge in [0.1, 0.15) is 6.07 Å². The van der Waals surface area contributed by atoms with E-state index in [-0.39, 0.29) is 0 Å². The largest absolute Gasteiger partial charge is 0.345 e. The van der Waals surface area contributed by atoms with E-state index in [9.17, 15) is 0 Å². The second kappa shape index (κ2) is 5.12. The smallest absolute Gasteiger partial charge is 0.101 e. The molecule has 0 aliphatic carbocycles. The third-order valence-electron chi connectivity index (χ3n) is 2.85. The summed E-state index contributed by atoms with van der Waals surface area (Å²) in [7, 11) is 1.98. The Labute approximate surface area is 112 Å². The van der Waals surface area contributed by atoms with Crippen molar-refractivity contribution in [3.63, 3.8) is 0 Å². The summed E-state index contributed by atoms with van der Waals surface area (Å²) in [4.78, 5) is 2.04. The number of aryl methyl sites for hydroxylation is 1. The van der Waals surface area contributed by atoms with E-state index < -0.39 is 0 Å². The van der Waals surface area contributed by atoms with Crippen molar-refractivity contribution in [1.29, 1.82) is 5.26 Å². The molecule has 3 heteroatoms. The molecule has 2 nitrogen and oxygen atoms in total. The van der Waals surface area contributed by atoms with Gasteiger partial charge in [-0.05, 0) is 42.8 Å². The van der Waals surface area contributed by atoms with Gasteiger partial charge in [0.2, 0.25) is 0 Å². The number of nitriles is 1. The Morgan fingerprint density at radius 2 is 1.83 bits per heavy atom. The lowest BCUT2D eigenvalue weighted by molar-refractivity contribution is 1.20. The maximum atomic E-state index is 8.85. The lowest BCUT2D eigenvalue weighted by atomic mass is 10.1. The number of halogens is 1. The molecule has 0 aliphatic heterocycles. The van der Waals surface area contributed by atoms with Gasteiger partial charge in [0, 0.05) is 18.4 Å². The summed E-state index contributed by atoms with van der Waals surface area (Å²) in [5, 5.41) is 9.33. The third kappa shape index (κ3) is 2.47. The number of hydrogen-bond acceptors (Lipinski definition) is 2. The molecule has 0 aliphatic rings. The monoisotopic (exact) mass is 256 g/mol. The van der Waals surface area contributed by atoms with Gasteiger partial charge < -0.3 is 4.90 Å². The molecule has 90 valence electrons. The zero-order valence-electron chi connectivity index (χ0n) is 10.3. The van der Waals surface area contributed by atoms with Crippen LogP contribution >= 0.6 is 11.6 Å². The van der Waals surface area contributed by atoms with Crippen molar-refractivity contribution in [3.8, 4) is 6.07 Å². The standard InChI is InChI=1S/C15H13ClN2/c1-11-4-3-5-13(8-11)18(2)14-7-6-12(10-17)15(16)9-14/h3-9H,1-2H3. The van der Waals surface area contributed by atoms with Gasteiger partial charge in [0.15, 0.2) is 0 Å². The van der Waals surface area contributed by atoms with E-state index in [1.165, 1.54) is 5.56 Å². The Bertz CT molecular complexity index is 614. The molecule has 0 bridgehead atoms. The van der Waals surface area contributed by atoms with Crippen molar-refractivity contribution in [2.45, 2.75) is 6.92 Å². The molecular formula is C15H13ClN2. The molecule has 0 N–H and O–H groups in total. The lowest BCUT2D eigenvalue weighted by Crippen LogP contribution is -2.09. The van der Waals surface area contributed by atoms with Crippen LogP contribution in [0.2, 0.25) is 5.02 Å². The van der Waals surface area contributed by atoms with Crippen LogP contribution in [0.15, 0.2) is 42.5 Å². The first-order chi connectivity index (χ1) is 8.61. The molecule has 0 radical (unpaired) electrons. The van der Waals surface area contributed by atoms with Crippen molar-refractivity contribution < 1.29 is 0 Å². The second-order valence-corrected chi connectivity index (χ2v) is 4.58. The Morgan fingerprint density at radius 3 is 2.44 bits per heavy atom. The van der Waals surface area contributed by atoms with E-state index in [0.29, 0.717) is 10.6 Å². The maximum Gasteiger partial charge on any atom is 0.101 e. The van der Waals surface area contributed by atoms with Gasteiger partial charge in [-0.1, -0.05) is 23.7 Å². The third-order valence-corrected chi connectivity index (χ3v) is 3.16. The molecule has 0 aromatic heterocycles. The van der Waals surface area contributed by atoms with E-state index in [1.54, 1.807) is 6.07 Å². The fraction of sp³-hybridized carbons (Fsp3) is 0.133. The zero-order valence-corrected chi connectivity index (χ0v) is 11.1. The molecule has 0 heterocycles. The highest BCUT2D eigenvalue weighted by molar-refractivity contribution is 6.32. The average Bonchev–Trinajstić information content (AvgIpc) is 2.37. The minimum atomic E-state index is 0.481. The fourth-order valence-electron chi connectivity index (χ4n) is 1.79. The predicted molar refractivity (Wildman–Crippen MR) is 75.4 cm³/mol. The van der Waals surface area contributed by atoms with Crippen LogP contribution in [0.3, 0.4) is 0 Å². The van der Waals surface area contributed by atoms with Crippen LogP contribution in [0.5, 0.6) is 0 Å². The quantitative estimate of drug-likeness (QED) is 0.802. The van der Waals surface area contributed by atoms with Gasteiger partial charge >= 0.3 is 0 Å². The fourth-order valence-corrected chi connectivity index (χ4v) is 2.01. The minimum Gasteiger partial charge on any atom is -0.345 e. The van der Waals surface area contributed by atoms with E-state index >= 15 is 0 Å². The molecule has 18 heavy (non-hydrogen) atoms. The van der Waals surface area contributed by atoms with Gasteiger partial charge in [-0.3, -0.25) is 0 Å². The summed E-state index contributed by atoms with van der Waals surface area (Å²) < 4.78 is 0. The highest BCUT2D eigenvalue weighted by atomic mass is 35.5. The molecule has 2 rings (SSSR count). The molecule has 0 unspecified atom stereocenters. The van der Waals surface area contributed by atoms with Gasteiger partial charge in [0.05, 0.1) is 10.6 Å². The number of benzene rings is 2. The molecule has 2 aromatic rings. The molecule has 2 aromatic carbocycles. The SMILES string of the molecule is Cc1cccc(N(C)c2ccc(C#N)c(Cl)c2)c1. The predicted octanol–water partition coefficient (Wildman–Crippen LogP) is 4.29. The molecule has 0 saturated heterocycles. The van der Waals surface area contributed by atoms with Crippen LogP contribution in [-0.4, -0.2) is 7.05 Å². The molecule has 0 spiro atoms. The van der Waals surface area contributed by atoms with E-state index in [0.717, 1.165) is 11.4 Å². The normalized spacial score (nSPS) is 9.89. The second-order valence-electron chi connectivity index (χ2n) is 4.17. The summed E-state index contributed by atoms with van der Waals surface area (Å²) in [5.74, 6) is 0. The Morgan fingerprint density at radius 1 is 1.11 bits per heavy atom. The maximum absolute atomic E-state index is 8.85. The highest BCUT2D eigenvalue weighted by Crippen LogP contribution is 2.28. The van der Waals surface area contributed by atoms with E-state index in [4.69, 9.17) is 16.9 Å². The molecule has 0 atom stereocenters. The summed E-state index contributed by atoms with van der Waals surface area (Å²) in [6, 6.07) is 15.7.